The first-order valence-electron chi connectivity index (χ1n) is 5.31. The predicted octanol–water partition coefficient (Wildman–Crippen LogP) is 4.34. The first-order valence-corrected chi connectivity index (χ1v) is 7.01. The fraction of sp³-hybridized carbons (Fsp3) is 0.545. The van der Waals surface area contributed by atoms with E-state index in [1.807, 2.05) is 6.07 Å². The lowest BCUT2D eigenvalue weighted by molar-refractivity contribution is 0.724. The van der Waals surface area contributed by atoms with E-state index < -0.39 is 0 Å². The van der Waals surface area contributed by atoms with Crippen molar-refractivity contribution in [1.29, 1.82) is 0 Å². The Morgan fingerprint density at radius 3 is 2.75 bits per heavy atom. The third kappa shape index (κ3) is 4.11. The molecule has 0 aliphatic rings. The van der Waals surface area contributed by atoms with Crippen molar-refractivity contribution in [2.45, 2.75) is 19.8 Å². The molecule has 1 rings (SSSR count). The molecule has 1 heterocycles. The van der Waals surface area contributed by atoms with Crippen LogP contribution < -0.4 is 4.90 Å². The topological polar surface area (TPSA) is 16.1 Å². The molecule has 1 aromatic heterocycles. The van der Waals surface area contributed by atoms with Crippen LogP contribution in [0.3, 0.4) is 0 Å². The Balaban J connectivity index is 2.82. The van der Waals surface area contributed by atoms with Gasteiger partial charge in [-0.1, -0.05) is 24.9 Å². The lowest BCUT2D eigenvalue weighted by Crippen LogP contribution is -2.27. The van der Waals surface area contributed by atoms with Crippen LogP contribution in [0.4, 0.5) is 5.82 Å². The van der Waals surface area contributed by atoms with Gasteiger partial charge in [-0.3, -0.25) is 0 Å². The lowest BCUT2D eigenvalue weighted by atomic mass is 10.3. The first-order chi connectivity index (χ1) is 7.69. The molecule has 0 unspecified atom stereocenters. The summed E-state index contributed by atoms with van der Waals surface area (Å²) in [6, 6.07) is 1.86. The quantitative estimate of drug-likeness (QED) is 0.723. The van der Waals surface area contributed by atoms with Gasteiger partial charge in [0.05, 0.1) is 9.50 Å². The molecule has 2 nitrogen and oxygen atoms in total. The maximum atomic E-state index is 5.87. The molecule has 0 N–H and O–H groups in total. The second-order valence-electron chi connectivity index (χ2n) is 3.49. The molecule has 0 aliphatic heterocycles. The molecular weight excluding hydrogens is 311 g/mol. The van der Waals surface area contributed by atoms with Gasteiger partial charge in [-0.2, -0.15) is 0 Å². The van der Waals surface area contributed by atoms with Gasteiger partial charge in [0.1, 0.15) is 5.82 Å². The fourth-order valence-electron chi connectivity index (χ4n) is 1.41. The van der Waals surface area contributed by atoms with Crippen molar-refractivity contribution < 1.29 is 0 Å². The third-order valence-corrected chi connectivity index (χ3v) is 3.18. The van der Waals surface area contributed by atoms with Gasteiger partial charge in [0.25, 0.3) is 0 Å². The van der Waals surface area contributed by atoms with E-state index in [0.717, 1.165) is 36.2 Å². The average Bonchev–Trinajstić information content (AvgIpc) is 2.25. The van der Waals surface area contributed by atoms with Crippen LogP contribution in [0.25, 0.3) is 0 Å². The summed E-state index contributed by atoms with van der Waals surface area (Å²) in [6.07, 6.45) is 3.95. The Morgan fingerprint density at radius 2 is 2.19 bits per heavy atom. The van der Waals surface area contributed by atoms with Crippen molar-refractivity contribution in [1.82, 2.24) is 4.98 Å². The standard InChI is InChI=1S/C11H15BrCl2N2/c1-2-3-5-16(6-4-13)11-10(12)7-9(14)8-15-11/h7-8H,2-6H2,1H3. The number of hydrogen-bond donors (Lipinski definition) is 0. The highest BCUT2D eigenvalue weighted by molar-refractivity contribution is 9.10. The zero-order chi connectivity index (χ0) is 12.0. The van der Waals surface area contributed by atoms with Crippen LogP contribution in [-0.4, -0.2) is 24.0 Å². The summed E-state index contributed by atoms with van der Waals surface area (Å²) >= 11 is 15.1. The van der Waals surface area contributed by atoms with Gasteiger partial charge in [-0.05, 0) is 28.4 Å². The molecule has 16 heavy (non-hydrogen) atoms. The van der Waals surface area contributed by atoms with E-state index in [1.165, 1.54) is 0 Å². The number of hydrogen-bond acceptors (Lipinski definition) is 2. The normalized spacial score (nSPS) is 10.5. The summed E-state index contributed by atoms with van der Waals surface area (Å²) in [4.78, 5) is 6.52. The van der Waals surface area contributed by atoms with Gasteiger partial charge >= 0.3 is 0 Å². The second-order valence-corrected chi connectivity index (χ2v) is 5.16. The predicted molar refractivity (Wildman–Crippen MR) is 74.8 cm³/mol. The molecule has 1 aromatic rings. The summed E-state index contributed by atoms with van der Waals surface area (Å²) in [6.45, 7) is 3.94. The van der Waals surface area contributed by atoms with Gasteiger partial charge in [0.2, 0.25) is 0 Å². The SMILES string of the molecule is CCCCN(CCCl)c1ncc(Cl)cc1Br. The zero-order valence-corrected chi connectivity index (χ0v) is 12.3. The molecule has 0 spiro atoms. The number of unbranched alkanes of at least 4 members (excludes halogenated alkanes) is 1. The maximum absolute atomic E-state index is 5.87. The summed E-state index contributed by atoms with van der Waals surface area (Å²) in [5.41, 5.74) is 0. The molecule has 5 heteroatoms. The minimum absolute atomic E-state index is 0.598. The van der Waals surface area contributed by atoms with Crippen molar-refractivity contribution in [3.63, 3.8) is 0 Å². The number of nitrogens with zero attached hydrogens (tertiary/aromatic N) is 2. The number of halogens is 3. The van der Waals surface area contributed by atoms with Crippen LogP contribution in [-0.2, 0) is 0 Å². The largest absolute Gasteiger partial charge is 0.354 e. The molecule has 0 amide bonds. The van der Waals surface area contributed by atoms with E-state index in [1.54, 1.807) is 6.20 Å². The molecule has 0 fully saturated rings. The fourth-order valence-corrected chi connectivity index (χ4v) is 2.51. The Labute approximate surface area is 115 Å². The molecule has 0 saturated carbocycles. The number of alkyl halides is 1. The number of anilines is 1. The minimum Gasteiger partial charge on any atom is -0.354 e. The molecule has 0 aliphatic carbocycles. The Bertz CT molecular complexity index is 334. The Hall–Kier alpha value is 0.01000. The van der Waals surface area contributed by atoms with Gasteiger partial charge in [-0.15, -0.1) is 11.6 Å². The molecule has 90 valence electrons. The van der Waals surface area contributed by atoms with Gasteiger partial charge in [-0.25, -0.2) is 4.98 Å². The molecule has 0 atom stereocenters. The number of rotatable bonds is 6. The van der Waals surface area contributed by atoms with E-state index in [9.17, 15) is 0 Å². The van der Waals surface area contributed by atoms with E-state index in [4.69, 9.17) is 23.2 Å². The van der Waals surface area contributed by atoms with E-state index in [2.05, 4.69) is 32.7 Å². The summed E-state index contributed by atoms with van der Waals surface area (Å²) in [5, 5.41) is 0.636. The summed E-state index contributed by atoms with van der Waals surface area (Å²) < 4.78 is 0.918. The third-order valence-electron chi connectivity index (χ3n) is 2.22. The van der Waals surface area contributed by atoms with Crippen molar-refractivity contribution >= 4 is 44.9 Å². The zero-order valence-electron chi connectivity index (χ0n) is 9.22. The second kappa shape index (κ2) is 7.36. The molecule has 0 bridgehead atoms. The Kier molecular flexibility index (Phi) is 6.47. The van der Waals surface area contributed by atoms with Gasteiger partial charge in [0.15, 0.2) is 0 Å². The molecular formula is C11H15BrCl2N2. The average molecular weight is 326 g/mol. The summed E-state index contributed by atoms with van der Waals surface area (Å²) in [7, 11) is 0. The van der Waals surface area contributed by atoms with Crippen LogP contribution in [0.2, 0.25) is 5.02 Å². The van der Waals surface area contributed by atoms with Gasteiger partial charge < -0.3 is 4.90 Å². The van der Waals surface area contributed by atoms with E-state index in [0.29, 0.717) is 10.9 Å². The smallest absolute Gasteiger partial charge is 0.143 e. The van der Waals surface area contributed by atoms with Crippen molar-refractivity contribution in [3.8, 4) is 0 Å². The van der Waals surface area contributed by atoms with Crippen LogP contribution in [0.5, 0.6) is 0 Å². The van der Waals surface area contributed by atoms with Crippen LogP contribution in [0.1, 0.15) is 19.8 Å². The van der Waals surface area contributed by atoms with E-state index >= 15 is 0 Å². The molecule has 0 radical (unpaired) electrons. The monoisotopic (exact) mass is 324 g/mol. The Morgan fingerprint density at radius 1 is 1.44 bits per heavy atom. The van der Waals surface area contributed by atoms with Crippen LogP contribution >= 0.6 is 39.1 Å². The summed E-state index contributed by atoms with van der Waals surface area (Å²) in [5.74, 6) is 1.51. The molecule has 0 saturated heterocycles. The number of pyridine rings is 1. The highest BCUT2D eigenvalue weighted by atomic mass is 79.9. The number of aromatic nitrogens is 1. The van der Waals surface area contributed by atoms with Crippen molar-refractivity contribution in [3.05, 3.63) is 21.8 Å². The maximum Gasteiger partial charge on any atom is 0.143 e. The van der Waals surface area contributed by atoms with Gasteiger partial charge in [0, 0.05) is 25.2 Å². The first kappa shape index (κ1) is 14.1. The van der Waals surface area contributed by atoms with Crippen molar-refractivity contribution in [2.24, 2.45) is 0 Å². The highest BCUT2D eigenvalue weighted by Crippen LogP contribution is 2.26. The van der Waals surface area contributed by atoms with Crippen LogP contribution in [0, 0.1) is 0 Å². The van der Waals surface area contributed by atoms with Crippen molar-refractivity contribution in [2.75, 3.05) is 23.9 Å². The molecule has 0 aromatic carbocycles. The highest BCUT2D eigenvalue weighted by Gasteiger charge is 2.11. The lowest BCUT2D eigenvalue weighted by Gasteiger charge is -2.23. The van der Waals surface area contributed by atoms with E-state index in [-0.39, 0.29) is 0 Å². The minimum atomic E-state index is 0.598. The van der Waals surface area contributed by atoms with Crippen LogP contribution in [0.15, 0.2) is 16.7 Å².